The number of nitrogens with zero attached hydrogens (tertiary/aromatic N) is 2. The maximum Gasteiger partial charge on any atom is 0.147 e. The molecule has 9 aromatic carbocycles. The lowest BCUT2D eigenvalue weighted by molar-refractivity contribution is 0.663. The molecule has 0 N–H and O–H groups in total. The van der Waals surface area contributed by atoms with Crippen LogP contribution in [0.15, 0.2) is 167 Å². The Kier molecular flexibility index (Phi) is 9.39. The van der Waals surface area contributed by atoms with Crippen molar-refractivity contribution in [3.05, 3.63) is 191 Å². The third-order valence-electron chi connectivity index (χ3n) is 13.4. The highest BCUT2D eigenvalue weighted by Gasteiger charge is 2.22. The molecule has 0 aliphatic heterocycles. The number of benzene rings is 9. The molecule has 0 aliphatic carbocycles. The van der Waals surface area contributed by atoms with Crippen LogP contribution in [0.2, 0.25) is 0 Å². The number of para-hydroxylation sites is 2. The first kappa shape index (κ1) is 39.5. The van der Waals surface area contributed by atoms with Crippen molar-refractivity contribution in [1.29, 1.82) is 0 Å². The topological polar surface area (TPSA) is 32.8 Å². The van der Waals surface area contributed by atoms with Crippen molar-refractivity contribution in [2.45, 2.75) is 67.2 Å². The molecule has 64 heavy (non-hydrogen) atoms. The quantitative estimate of drug-likeness (QED) is 0.153. The summed E-state index contributed by atoms with van der Waals surface area (Å²) in [7, 11) is 0. The highest BCUT2D eigenvalue weighted by Crippen LogP contribution is 2.45. The van der Waals surface area contributed by atoms with Gasteiger partial charge in [0.15, 0.2) is 0 Å². The Hall–Kier alpha value is -7.30. The summed E-state index contributed by atoms with van der Waals surface area (Å²) in [4.78, 5) is 4.80. The van der Waals surface area contributed by atoms with Crippen molar-refractivity contribution in [1.82, 2.24) is 0 Å². The molecule has 11 rings (SSSR count). The van der Waals surface area contributed by atoms with Gasteiger partial charge in [-0.2, -0.15) is 0 Å². The van der Waals surface area contributed by atoms with Crippen molar-refractivity contribution < 1.29 is 8.83 Å². The Morgan fingerprint density at radius 3 is 1.27 bits per heavy atom. The van der Waals surface area contributed by atoms with Crippen LogP contribution in [0.25, 0.3) is 65.4 Å². The second kappa shape index (κ2) is 15.2. The molecular formula is C60H52N2O2. The Bertz CT molecular complexity index is 3570. The third kappa shape index (κ3) is 6.51. The standard InChI is InChI=1S/C60H52N2O2/c1-35(2)41-15-21-47(22-16-41)61(58-37(5)11-9-12-38(58)6)49-25-19-43-31-52-51-27-28-54-57(60(51)64-55(52)33-45(43)29-49)53-32-44-20-26-50(30-46(44)34-56(53)63-54)62(59-39(7)13-10-14-40(59)8)48-23-17-42(18-24-48)36(3)4/h9-36H,1-8H3. The second-order valence-corrected chi connectivity index (χ2v) is 18.4. The van der Waals surface area contributed by atoms with E-state index in [-0.39, 0.29) is 0 Å². The Morgan fingerprint density at radius 1 is 0.359 bits per heavy atom. The normalized spacial score (nSPS) is 12.0. The molecule has 2 aromatic heterocycles. The third-order valence-corrected chi connectivity index (χ3v) is 13.4. The van der Waals surface area contributed by atoms with Crippen LogP contribution in [-0.2, 0) is 0 Å². The number of rotatable bonds is 8. The maximum atomic E-state index is 6.91. The monoisotopic (exact) mass is 832 g/mol. The lowest BCUT2D eigenvalue weighted by Gasteiger charge is -2.29. The molecule has 4 heteroatoms. The Balaban J connectivity index is 1.03. The van der Waals surface area contributed by atoms with Gasteiger partial charge in [-0.1, -0.05) is 100 Å². The van der Waals surface area contributed by atoms with E-state index >= 15 is 0 Å². The summed E-state index contributed by atoms with van der Waals surface area (Å²) in [6, 6.07) is 57.9. The van der Waals surface area contributed by atoms with E-state index in [9.17, 15) is 0 Å². The molecule has 0 radical (unpaired) electrons. The smallest absolute Gasteiger partial charge is 0.147 e. The number of anilines is 6. The molecule has 0 aliphatic rings. The van der Waals surface area contributed by atoms with Gasteiger partial charge >= 0.3 is 0 Å². The SMILES string of the molecule is Cc1cccc(C)c1N(c1ccc(C(C)C)cc1)c1ccc2cc3c(cc2c1)oc1c3ccc2oc3cc4cc(N(c5ccc(C(C)C)cc5)c5c(C)cccc5C)ccc4cc3c21. The fraction of sp³-hybridized carbons (Fsp3) is 0.167. The highest BCUT2D eigenvalue weighted by atomic mass is 16.3. The van der Waals surface area contributed by atoms with Crippen LogP contribution >= 0.6 is 0 Å². The predicted octanol–water partition coefficient (Wildman–Crippen LogP) is 18.2. The fourth-order valence-electron chi connectivity index (χ4n) is 9.98. The molecule has 314 valence electrons. The van der Waals surface area contributed by atoms with Crippen molar-refractivity contribution in [2.75, 3.05) is 9.80 Å². The van der Waals surface area contributed by atoms with Crippen molar-refractivity contribution >= 4 is 99.5 Å². The highest BCUT2D eigenvalue weighted by molar-refractivity contribution is 6.24. The average Bonchev–Trinajstić information content (AvgIpc) is 3.84. The molecule has 0 fully saturated rings. The molecule has 0 spiro atoms. The zero-order chi connectivity index (χ0) is 44.0. The maximum absolute atomic E-state index is 6.91. The minimum Gasteiger partial charge on any atom is -0.456 e. The van der Waals surface area contributed by atoms with Gasteiger partial charge in [-0.25, -0.2) is 0 Å². The number of hydrogen-bond donors (Lipinski definition) is 0. The summed E-state index contributed by atoms with van der Waals surface area (Å²) in [6.45, 7) is 17.8. The van der Waals surface area contributed by atoms with E-state index < -0.39 is 0 Å². The van der Waals surface area contributed by atoms with Gasteiger partial charge < -0.3 is 18.6 Å². The van der Waals surface area contributed by atoms with Crippen LogP contribution in [-0.4, -0.2) is 0 Å². The number of fused-ring (bicyclic) bond motifs is 9. The molecule has 0 atom stereocenters. The van der Waals surface area contributed by atoms with Crippen LogP contribution in [0.4, 0.5) is 34.1 Å². The molecule has 2 heterocycles. The lowest BCUT2D eigenvalue weighted by Crippen LogP contribution is -2.13. The number of furan rings is 2. The first-order valence-electron chi connectivity index (χ1n) is 22.6. The van der Waals surface area contributed by atoms with Crippen LogP contribution in [0.5, 0.6) is 0 Å². The summed E-state index contributed by atoms with van der Waals surface area (Å²) in [5, 5.41) is 8.80. The molecular weight excluding hydrogens is 781 g/mol. The average molecular weight is 833 g/mol. The number of aryl methyl sites for hydroxylation is 4. The summed E-state index contributed by atoms with van der Waals surface area (Å²) < 4.78 is 13.6. The van der Waals surface area contributed by atoms with Gasteiger partial charge in [0.25, 0.3) is 0 Å². The first-order valence-corrected chi connectivity index (χ1v) is 22.6. The van der Waals surface area contributed by atoms with E-state index in [1.165, 1.54) is 50.1 Å². The van der Waals surface area contributed by atoms with Crippen LogP contribution in [0.3, 0.4) is 0 Å². The Labute approximate surface area is 375 Å². The van der Waals surface area contributed by atoms with E-state index in [1.54, 1.807) is 0 Å². The molecule has 11 aromatic rings. The summed E-state index contributed by atoms with van der Waals surface area (Å²) >= 11 is 0. The molecule has 0 saturated carbocycles. The second-order valence-electron chi connectivity index (χ2n) is 18.4. The van der Waals surface area contributed by atoms with E-state index in [0.29, 0.717) is 11.8 Å². The molecule has 0 amide bonds. The van der Waals surface area contributed by atoms with Gasteiger partial charge in [0.1, 0.15) is 22.3 Å². The van der Waals surface area contributed by atoms with Gasteiger partial charge in [0.05, 0.1) is 16.8 Å². The lowest BCUT2D eigenvalue weighted by atomic mass is 10.00. The van der Waals surface area contributed by atoms with Crippen molar-refractivity contribution in [2.24, 2.45) is 0 Å². The molecule has 0 saturated heterocycles. The first-order chi connectivity index (χ1) is 31.0. The van der Waals surface area contributed by atoms with E-state index in [2.05, 4.69) is 223 Å². The van der Waals surface area contributed by atoms with Crippen LogP contribution in [0.1, 0.15) is 72.9 Å². The van der Waals surface area contributed by atoms with Gasteiger partial charge in [0, 0.05) is 38.9 Å². The van der Waals surface area contributed by atoms with Gasteiger partial charge in [0.2, 0.25) is 0 Å². The summed E-state index contributed by atoms with van der Waals surface area (Å²) in [5.74, 6) is 0.931. The predicted molar refractivity (Wildman–Crippen MR) is 273 cm³/mol. The van der Waals surface area contributed by atoms with E-state index in [4.69, 9.17) is 8.83 Å². The van der Waals surface area contributed by atoms with Gasteiger partial charge in [-0.3, -0.25) is 0 Å². The molecule has 0 bridgehead atoms. The molecule has 4 nitrogen and oxygen atoms in total. The zero-order valence-corrected chi connectivity index (χ0v) is 37.9. The minimum atomic E-state index is 0.465. The largest absolute Gasteiger partial charge is 0.456 e. The van der Waals surface area contributed by atoms with E-state index in [0.717, 1.165) is 82.8 Å². The van der Waals surface area contributed by atoms with Gasteiger partial charge in [-0.15, -0.1) is 0 Å². The fourth-order valence-corrected chi connectivity index (χ4v) is 9.98. The van der Waals surface area contributed by atoms with Crippen molar-refractivity contribution in [3.63, 3.8) is 0 Å². The summed E-state index contributed by atoms with van der Waals surface area (Å²) in [5.41, 5.74) is 17.9. The number of hydrogen-bond acceptors (Lipinski definition) is 4. The minimum absolute atomic E-state index is 0.465. The van der Waals surface area contributed by atoms with Gasteiger partial charge in [-0.05, 0) is 179 Å². The Morgan fingerprint density at radius 2 is 0.797 bits per heavy atom. The van der Waals surface area contributed by atoms with Crippen LogP contribution in [0, 0.1) is 27.7 Å². The summed E-state index contributed by atoms with van der Waals surface area (Å²) in [6.07, 6.45) is 0. The molecule has 0 unspecified atom stereocenters. The van der Waals surface area contributed by atoms with Crippen LogP contribution < -0.4 is 9.80 Å². The van der Waals surface area contributed by atoms with Crippen molar-refractivity contribution in [3.8, 4) is 0 Å². The van der Waals surface area contributed by atoms with E-state index in [1.807, 2.05) is 0 Å². The zero-order valence-electron chi connectivity index (χ0n) is 37.9.